The quantitative estimate of drug-likeness (QED) is 0.615. The van der Waals surface area contributed by atoms with Crippen LogP contribution in [0, 0.1) is 5.92 Å². The third kappa shape index (κ3) is 4.18. The molecule has 0 saturated heterocycles. The lowest BCUT2D eigenvalue weighted by Gasteiger charge is -2.11. The van der Waals surface area contributed by atoms with Gasteiger partial charge in [-0.05, 0) is 24.1 Å². The van der Waals surface area contributed by atoms with Crippen molar-refractivity contribution in [3.05, 3.63) is 29.8 Å². The van der Waals surface area contributed by atoms with Crippen LogP contribution in [0.1, 0.15) is 19.4 Å². The van der Waals surface area contributed by atoms with E-state index in [0.29, 0.717) is 0 Å². The van der Waals surface area contributed by atoms with Gasteiger partial charge in [-0.2, -0.15) is 0 Å². The lowest BCUT2D eigenvalue weighted by Crippen LogP contribution is -2.36. The number of aromatic hydroxyl groups is 1. The summed E-state index contributed by atoms with van der Waals surface area (Å²) in [7, 11) is 0. The highest BCUT2D eigenvalue weighted by Crippen LogP contribution is 2.11. The maximum Gasteiger partial charge on any atom is 0.330 e. The third-order valence-corrected chi connectivity index (χ3v) is 2.37. The van der Waals surface area contributed by atoms with Crippen molar-refractivity contribution < 1.29 is 19.4 Å². The molecule has 5 heteroatoms. The number of hydrogen-bond acceptors (Lipinski definition) is 5. The SMILES string of the molecule is CC(C)C(=O)OC(=O)[C@@H](N)Cc1ccc(O)cc1. The number of phenolic OH excluding ortho intramolecular Hbond substituents is 1. The zero-order valence-electron chi connectivity index (χ0n) is 10.4. The lowest BCUT2D eigenvalue weighted by atomic mass is 10.1. The molecule has 5 nitrogen and oxygen atoms in total. The van der Waals surface area contributed by atoms with Crippen LogP contribution in [0.15, 0.2) is 24.3 Å². The van der Waals surface area contributed by atoms with Gasteiger partial charge in [0, 0.05) is 0 Å². The number of phenols is 1. The Kier molecular flexibility index (Phi) is 4.85. The Bertz CT molecular complexity index is 425. The summed E-state index contributed by atoms with van der Waals surface area (Å²) in [6.07, 6.45) is 0.254. The van der Waals surface area contributed by atoms with Gasteiger partial charge >= 0.3 is 11.9 Å². The molecule has 0 spiro atoms. The van der Waals surface area contributed by atoms with E-state index in [-0.39, 0.29) is 18.1 Å². The molecule has 0 aliphatic rings. The Morgan fingerprint density at radius 2 is 1.78 bits per heavy atom. The Labute approximate surface area is 106 Å². The van der Waals surface area contributed by atoms with Crippen molar-refractivity contribution in [2.45, 2.75) is 26.3 Å². The van der Waals surface area contributed by atoms with Crippen molar-refractivity contribution in [1.29, 1.82) is 0 Å². The maximum absolute atomic E-state index is 11.5. The predicted octanol–water partition coefficient (Wildman–Crippen LogP) is 0.988. The molecule has 18 heavy (non-hydrogen) atoms. The Hall–Kier alpha value is -1.88. The first-order valence-corrected chi connectivity index (χ1v) is 5.69. The molecule has 0 aliphatic carbocycles. The summed E-state index contributed by atoms with van der Waals surface area (Å²) in [4.78, 5) is 22.7. The molecule has 1 aromatic rings. The van der Waals surface area contributed by atoms with Gasteiger partial charge in [0.2, 0.25) is 0 Å². The van der Waals surface area contributed by atoms with Gasteiger partial charge in [-0.15, -0.1) is 0 Å². The van der Waals surface area contributed by atoms with E-state index in [4.69, 9.17) is 10.8 Å². The monoisotopic (exact) mass is 251 g/mol. The molecule has 0 unspecified atom stereocenters. The molecular weight excluding hydrogens is 234 g/mol. The fraction of sp³-hybridized carbons (Fsp3) is 0.385. The van der Waals surface area contributed by atoms with Gasteiger partial charge in [0.25, 0.3) is 0 Å². The number of nitrogens with two attached hydrogens (primary N) is 1. The number of hydrogen-bond donors (Lipinski definition) is 2. The first-order chi connectivity index (χ1) is 8.40. The van der Waals surface area contributed by atoms with Crippen molar-refractivity contribution in [3.8, 4) is 5.75 Å². The van der Waals surface area contributed by atoms with Crippen LogP contribution in [-0.4, -0.2) is 23.1 Å². The number of benzene rings is 1. The summed E-state index contributed by atoms with van der Waals surface area (Å²) < 4.78 is 4.62. The molecule has 0 amide bonds. The van der Waals surface area contributed by atoms with Gasteiger partial charge in [0.15, 0.2) is 0 Å². The Morgan fingerprint density at radius 1 is 1.22 bits per heavy atom. The molecule has 1 atom stereocenters. The van der Waals surface area contributed by atoms with Crippen molar-refractivity contribution in [2.24, 2.45) is 11.7 Å². The van der Waals surface area contributed by atoms with Crippen molar-refractivity contribution in [1.82, 2.24) is 0 Å². The van der Waals surface area contributed by atoms with E-state index in [2.05, 4.69) is 4.74 Å². The summed E-state index contributed by atoms with van der Waals surface area (Å²) in [5, 5.41) is 9.11. The maximum atomic E-state index is 11.5. The van der Waals surface area contributed by atoms with Crippen molar-refractivity contribution in [3.63, 3.8) is 0 Å². The average Bonchev–Trinajstić information content (AvgIpc) is 2.31. The second-order valence-electron chi connectivity index (χ2n) is 4.37. The van der Waals surface area contributed by atoms with Crippen LogP contribution in [0.4, 0.5) is 0 Å². The highest BCUT2D eigenvalue weighted by Gasteiger charge is 2.20. The zero-order valence-corrected chi connectivity index (χ0v) is 10.4. The van der Waals surface area contributed by atoms with E-state index in [9.17, 15) is 9.59 Å². The van der Waals surface area contributed by atoms with Gasteiger partial charge < -0.3 is 15.6 Å². The van der Waals surface area contributed by atoms with E-state index >= 15 is 0 Å². The van der Waals surface area contributed by atoms with Crippen molar-refractivity contribution >= 4 is 11.9 Å². The molecular formula is C13H17NO4. The van der Waals surface area contributed by atoms with E-state index in [0.717, 1.165) is 5.56 Å². The van der Waals surface area contributed by atoms with Crippen LogP contribution in [0.2, 0.25) is 0 Å². The van der Waals surface area contributed by atoms with Crippen LogP contribution < -0.4 is 5.73 Å². The predicted molar refractivity (Wildman–Crippen MR) is 65.7 cm³/mol. The molecule has 3 N–H and O–H groups in total. The fourth-order valence-corrected chi connectivity index (χ4v) is 1.26. The minimum Gasteiger partial charge on any atom is -0.508 e. The molecule has 0 fully saturated rings. The summed E-state index contributed by atoms with van der Waals surface area (Å²) in [5.74, 6) is -1.54. The molecule has 0 heterocycles. The minimum absolute atomic E-state index is 0.143. The molecule has 0 aliphatic heterocycles. The number of carbonyl (C=O) groups excluding carboxylic acids is 2. The zero-order chi connectivity index (χ0) is 13.7. The molecule has 0 saturated carbocycles. The Morgan fingerprint density at radius 3 is 2.28 bits per heavy atom. The summed E-state index contributed by atoms with van der Waals surface area (Å²) >= 11 is 0. The molecule has 0 aromatic heterocycles. The second kappa shape index (κ2) is 6.16. The van der Waals surface area contributed by atoms with E-state index in [1.54, 1.807) is 26.0 Å². The standard InChI is InChI=1S/C13H17NO4/c1-8(2)12(16)18-13(17)11(14)7-9-3-5-10(15)6-4-9/h3-6,8,11,15H,7,14H2,1-2H3/t11-/m0/s1. The smallest absolute Gasteiger partial charge is 0.330 e. The fourth-order valence-electron chi connectivity index (χ4n) is 1.26. The topological polar surface area (TPSA) is 89.6 Å². The van der Waals surface area contributed by atoms with Gasteiger partial charge in [0.05, 0.1) is 5.92 Å². The largest absolute Gasteiger partial charge is 0.508 e. The van der Waals surface area contributed by atoms with E-state index in [1.807, 2.05) is 0 Å². The van der Waals surface area contributed by atoms with Crippen LogP contribution in [0.3, 0.4) is 0 Å². The number of carbonyl (C=O) groups is 2. The Balaban J connectivity index is 2.54. The summed E-state index contributed by atoms with van der Waals surface area (Å²) in [5.41, 5.74) is 6.43. The molecule has 98 valence electrons. The van der Waals surface area contributed by atoms with Gasteiger partial charge in [-0.25, -0.2) is 4.79 Å². The lowest BCUT2D eigenvalue weighted by molar-refractivity contribution is -0.162. The van der Waals surface area contributed by atoms with Gasteiger partial charge in [-0.3, -0.25) is 4.79 Å². The molecule has 1 aromatic carbocycles. The van der Waals surface area contributed by atoms with Crippen LogP contribution >= 0.6 is 0 Å². The highest BCUT2D eigenvalue weighted by atomic mass is 16.6. The van der Waals surface area contributed by atoms with E-state index in [1.165, 1.54) is 12.1 Å². The summed E-state index contributed by atoms with van der Waals surface area (Å²) in [6.45, 7) is 3.28. The minimum atomic E-state index is -0.891. The second-order valence-corrected chi connectivity index (χ2v) is 4.37. The normalized spacial score (nSPS) is 12.2. The van der Waals surface area contributed by atoms with Crippen LogP contribution in [0.5, 0.6) is 5.75 Å². The molecule has 1 rings (SSSR count). The average molecular weight is 251 g/mol. The number of esters is 2. The number of rotatable bonds is 4. The summed E-state index contributed by atoms with van der Waals surface area (Å²) in [6, 6.07) is 5.44. The molecule has 0 bridgehead atoms. The van der Waals surface area contributed by atoms with Crippen LogP contribution in [0.25, 0.3) is 0 Å². The first kappa shape index (κ1) is 14.2. The highest BCUT2D eigenvalue weighted by molar-refractivity contribution is 5.89. The number of ether oxygens (including phenoxy) is 1. The third-order valence-electron chi connectivity index (χ3n) is 2.37. The van der Waals surface area contributed by atoms with Gasteiger partial charge in [-0.1, -0.05) is 26.0 Å². The molecule has 0 radical (unpaired) electrons. The van der Waals surface area contributed by atoms with Crippen molar-refractivity contribution in [2.75, 3.05) is 0 Å². The first-order valence-electron chi connectivity index (χ1n) is 5.69. The van der Waals surface area contributed by atoms with E-state index < -0.39 is 18.0 Å². The van der Waals surface area contributed by atoms with Gasteiger partial charge in [0.1, 0.15) is 11.8 Å². The van der Waals surface area contributed by atoms with Crippen LogP contribution in [-0.2, 0) is 20.7 Å².